The zero-order valence-corrected chi connectivity index (χ0v) is 5.59. The van der Waals surface area contributed by atoms with E-state index in [-0.39, 0.29) is 0 Å². The molecule has 4 N–H and O–H groups in total. The molecule has 2 fully saturated rings. The third-order valence-corrected chi connectivity index (χ3v) is 2.77. The van der Waals surface area contributed by atoms with Gasteiger partial charge in [-0.3, -0.25) is 0 Å². The molecule has 2 nitrogen and oxygen atoms in total. The Morgan fingerprint density at radius 3 is 1.67 bits per heavy atom. The molecule has 0 spiro atoms. The first-order valence-electron chi connectivity index (χ1n) is 3.78. The van der Waals surface area contributed by atoms with Gasteiger partial charge in [-0.1, -0.05) is 0 Å². The SMILES string of the molecule is NC1CC2CC2CC1N. The molecular formula is C7H14N2. The molecule has 0 aromatic carbocycles. The Morgan fingerprint density at radius 2 is 1.22 bits per heavy atom. The van der Waals surface area contributed by atoms with Gasteiger partial charge in [0.15, 0.2) is 0 Å². The minimum Gasteiger partial charge on any atom is -0.326 e. The molecule has 0 aromatic rings. The Morgan fingerprint density at radius 1 is 0.778 bits per heavy atom. The van der Waals surface area contributed by atoms with Crippen LogP contribution in [0, 0.1) is 11.8 Å². The summed E-state index contributed by atoms with van der Waals surface area (Å²) in [5.41, 5.74) is 11.5. The highest BCUT2D eigenvalue weighted by atomic mass is 14.8. The molecule has 2 saturated carbocycles. The Hall–Kier alpha value is -0.0800. The fourth-order valence-corrected chi connectivity index (χ4v) is 1.94. The van der Waals surface area contributed by atoms with Crippen LogP contribution in [0.5, 0.6) is 0 Å². The van der Waals surface area contributed by atoms with E-state index in [4.69, 9.17) is 11.5 Å². The molecule has 2 rings (SSSR count). The molecular weight excluding hydrogens is 112 g/mol. The Labute approximate surface area is 55.6 Å². The molecule has 0 aromatic heterocycles. The van der Waals surface area contributed by atoms with Crippen LogP contribution >= 0.6 is 0 Å². The first kappa shape index (κ1) is 5.69. The van der Waals surface area contributed by atoms with Crippen LogP contribution in [-0.2, 0) is 0 Å². The summed E-state index contributed by atoms with van der Waals surface area (Å²) in [6.07, 6.45) is 3.78. The van der Waals surface area contributed by atoms with E-state index < -0.39 is 0 Å². The second-order valence-corrected chi connectivity index (χ2v) is 3.55. The third-order valence-electron chi connectivity index (χ3n) is 2.77. The van der Waals surface area contributed by atoms with Crippen LogP contribution in [0.3, 0.4) is 0 Å². The minimum absolute atomic E-state index is 0.300. The second-order valence-electron chi connectivity index (χ2n) is 3.55. The lowest BCUT2D eigenvalue weighted by atomic mass is 9.92. The lowest BCUT2D eigenvalue weighted by Gasteiger charge is -2.23. The average molecular weight is 126 g/mol. The Balaban J connectivity index is 1.98. The van der Waals surface area contributed by atoms with Crippen molar-refractivity contribution in [2.45, 2.75) is 31.3 Å². The molecule has 2 aliphatic carbocycles. The molecule has 0 saturated heterocycles. The number of hydrogen-bond donors (Lipinski definition) is 2. The lowest BCUT2D eigenvalue weighted by Crippen LogP contribution is -2.44. The zero-order valence-electron chi connectivity index (χ0n) is 5.59. The summed E-state index contributed by atoms with van der Waals surface area (Å²) in [6, 6.07) is 0.600. The number of nitrogens with two attached hydrogens (primary N) is 2. The Bertz CT molecular complexity index is 110. The number of fused-ring (bicyclic) bond motifs is 1. The van der Waals surface area contributed by atoms with Crippen molar-refractivity contribution in [3.63, 3.8) is 0 Å². The fraction of sp³-hybridized carbons (Fsp3) is 1.00. The first-order valence-corrected chi connectivity index (χ1v) is 3.78. The van der Waals surface area contributed by atoms with Gasteiger partial charge in [-0.15, -0.1) is 0 Å². The maximum Gasteiger partial charge on any atom is 0.0195 e. The van der Waals surface area contributed by atoms with Crippen molar-refractivity contribution in [3.8, 4) is 0 Å². The standard InChI is InChI=1S/C7H14N2/c8-6-2-4-1-5(4)3-7(6)9/h4-7H,1-3,8-9H2. The Kier molecular flexibility index (Phi) is 1.08. The molecule has 52 valence electrons. The molecule has 2 aliphatic rings. The highest BCUT2D eigenvalue weighted by Crippen LogP contribution is 2.48. The quantitative estimate of drug-likeness (QED) is 0.482. The molecule has 0 amide bonds. The topological polar surface area (TPSA) is 52.0 Å². The minimum atomic E-state index is 0.300. The zero-order chi connectivity index (χ0) is 6.43. The summed E-state index contributed by atoms with van der Waals surface area (Å²) < 4.78 is 0. The highest BCUT2D eigenvalue weighted by Gasteiger charge is 2.44. The van der Waals surface area contributed by atoms with Crippen LogP contribution in [0.1, 0.15) is 19.3 Å². The van der Waals surface area contributed by atoms with Crippen molar-refractivity contribution in [1.82, 2.24) is 0 Å². The van der Waals surface area contributed by atoms with Gasteiger partial charge in [0, 0.05) is 12.1 Å². The van der Waals surface area contributed by atoms with Crippen LogP contribution in [0.4, 0.5) is 0 Å². The van der Waals surface area contributed by atoms with Crippen LogP contribution in [-0.4, -0.2) is 12.1 Å². The van der Waals surface area contributed by atoms with E-state index >= 15 is 0 Å². The van der Waals surface area contributed by atoms with Gasteiger partial charge < -0.3 is 11.5 Å². The number of rotatable bonds is 0. The van der Waals surface area contributed by atoms with Crippen molar-refractivity contribution in [1.29, 1.82) is 0 Å². The van der Waals surface area contributed by atoms with Gasteiger partial charge in [0.2, 0.25) is 0 Å². The van der Waals surface area contributed by atoms with E-state index in [2.05, 4.69) is 0 Å². The smallest absolute Gasteiger partial charge is 0.0195 e. The monoisotopic (exact) mass is 126 g/mol. The van der Waals surface area contributed by atoms with E-state index in [9.17, 15) is 0 Å². The van der Waals surface area contributed by atoms with E-state index in [1.54, 1.807) is 0 Å². The van der Waals surface area contributed by atoms with Crippen molar-refractivity contribution >= 4 is 0 Å². The normalized spacial score (nSPS) is 56.7. The number of hydrogen-bond acceptors (Lipinski definition) is 2. The summed E-state index contributed by atoms with van der Waals surface area (Å²) in [4.78, 5) is 0. The summed E-state index contributed by atoms with van der Waals surface area (Å²) >= 11 is 0. The molecule has 0 radical (unpaired) electrons. The largest absolute Gasteiger partial charge is 0.326 e. The first-order chi connectivity index (χ1) is 4.27. The van der Waals surface area contributed by atoms with E-state index in [0.717, 1.165) is 11.8 Å². The molecule has 0 heterocycles. The molecule has 2 heteroatoms. The predicted octanol–water partition coefficient (Wildman–Crippen LogP) is 0.0709. The van der Waals surface area contributed by atoms with Crippen LogP contribution in [0.25, 0.3) is 0 Å². The fourth-order valence-electron chi connectivity index (χ4n) is 1.94. The molecule has 0 aliphatic heterocycles. The van der Waals surface area contributed by atoms with Crippen LogP contribution in [0.2, 0.25) is 0 Å². The van der Waals surface area contributed by atoms with Crippen LogP contribution in [0.15, 0.2) is 0 Å². The average Bonchev–Trinajstić information content (AvgIpc) is 2.46. The van der Waals surface area contributed by atoms with Crippen molar-refractivity contribution in [2.24, 2.45) is 23.3 Å². The van der Waals surface area contributed by atoms with Crippen molar-refractivity contribution in [2.75, 3.05) is 0 Å². The summed E-state index contributed by atoms with van der Waals surface area (Å²) in [6.45, 7) is 0. The predicted molar refractivity (Wildman–Crippen MR) is 36.8 cm³/mol. The molecule has 4 unspecified atom stereocenters. The second kappa shape index (κ2) is 1.70. The van der Waals surface area contributed by atoms with Gasteiger partial charge in [0.25, 0.3) is 0 Å². The summed E-state index contributed by atoms with van der Waals surface area (Å²) in [5.74, 6) is 1.92. The molecule has 4 atom stereocenters. The lowest BCUT2D eigenvalue weighted by molar-refractivity contribution is 0.369. The van der Waals surface area contributed by atoms with Gasteiger partial charge >= 0.3 is 0 Å². The summed E-state index contributed by atoms with van der Waals surface area (Å²) in [5, 5.41) is 0. The van der Waals surface area contributed by atoms with E-state index in [0.29, 0.717) is 12.1 Å². The highest BCUT2D eigenvalue weighted by molar-refractivity contribution is 4.99. The van der Waals surface area contributed by atoms with Crippen molar-refractivity contribution < 1.29 is 0 Å². The van der Waals surface area contributed by atoms with E-state index in [1.165, 1.54) is 19.3 Å². The maximum atomic E-state index is 5.77. The summed E-state index contributed by atoms with van der Waals surface area (Å²) in [7, 11) is 0. The third kappa shape index (κ3) is 0.864. The maximum absolute atomic E-state index is 5.77. The van der Waals surface area contributed by atoms with Gasteiger partial charge in [-0.05, 0) is 31.1 Å². The van der Waals surface area contributed by atoms with Gasteiger partial charge in [-0.2, -0.15) is 0 Å². The van der Waals surface area contributed by atoms with Crippen molar-refractivity contribution in [3.05, 3.63) is 0 Å². The van der Waals surface area contributed by atoms with E-state index in [1.807, 2.05) is 0 Å². The van der Waals surface area contributed by atoms with Gasteiger partial charge in [0.1, 0.15) is 0 Å². The molecule has 0 bridgehead atoms. The van der Waals surface area contributed by atoms with Crippen LogP contribution < -0.4 is 11.5 Å². The van der Waals surface area contributed by atoms with Gasteiger partial charge in [0.05, 0.1) is 0 Å². The molecule has 9 heavy (non-hydrogen) atoms. The van der Waals surface area contributed by atoms with Gasteiger partial charge in [-0.25, -0.2) is 0 Å².